The lowest BCUT2D eigenvalue weighted by molar-refractivity contribution is -0.193. The Kier molecular flexibility index (Phi) is 3.47. The highest BCUT2D eigenvalue weighted by atomic mass is 19.4. The van der Waals surface area contributed by atoms with Gasteiger partial charge in [-0.05, 0) is 44.2 Å². The second kappa shape index (κ2) is 4.67. The van der Waals surface area contributed by atoms with Crippen LogP contribution >= 0.6 is 0 Å². The molecule has 2 rings (SSSR count). The molecule has 0 aliphatic heterocycles. The van der Waals surface area contributed by atoms with Gasteiger partial charge in [-0.15, -0.1) is 0 Å². The number of rotatable bonds is 1. The fourth-order valence-electron chi connectivity index (χ4n) is 2.86. The lowest BCUT2D eigenvalue weighted by Gasteiger charge is -2.38. The number of aromatic nitrogens is 1. The van der Waals surface area contributed by atoms with Crippen molar-refractivity contribution in [1.82, 2.24) is 4.98 Å². The number of aryl methyl sites for hydroxylation is 1. The predicted octanol–water partition coefficient (Wildman–Crippen LogP) is 2.91. The summed E-state index contributed by atoms with van der Waals surface area (Å²) < 4.78 is 37.9. The highest BCUT2D eigenvalue weighted by Gasteiger charge is 2.46. The summed E-state index contributed by atoms with van der Waals surface area (Å²) in [5.74, 6) is -1.13. The van der Waals surface area contributed by atoms with Gasteiger partial charge >= 0.3 is 6.18 Å². The number of nitrogen functional groups attached to an aromatic ring is 1. The zero-order chi connectivity index (χ0) is 14.3. The van der Waals surface area contributed by atoms with E-state index < -0.39 is 17.7 Å². The van der Waals surface area contributed by atoms with Crippen molar-refractivity contribution in [1.29, 1.82) is 0 Å². The lowest BCUT2D eigenvalue weighted by Crippen LogP contribution is -2.37. The fraction of sp³-hybridized carbons (Fsp3) is 0.615. The molecule has 1 heterocycles. The van der Waals surface area contributed by atoms with Crippen LogP contribution in [0.2, 0.25) is 0 Å². The summed E-state index contributed by atoms with van der Waals surface area (Å²) in [6, 6.07) is 1.71. The van der Waals surface area contributed by atoms with Crippen molar-refractivity contribution in [2.24, 2.45) is 5.92 Å². The van der Waals surface area contributed by atoms with Gasteiger partial charge in [-0.3, -0.25) is 0 Å². The van der Waals surface area contributed by atoms with Crippen LogP contribution in [0.1, 0.15) is 36.8 Å². The molecule has 1 fully saturated rings. The monoisotopic (exact) mass is 274 g/mol. The minimum Gasteiger partial charge on any atom is -0.385 e. The molecule has 1 aliphatic rings. The molecule has 0 unspecified atom stereocenters. The second-order valence-electron chi connectivity index (χ2n) is 5.24. The Hall–Kier alpha value is -1.30. The Morgan fingerprint density at radius 3 is 2.42 bits per heavy atom. The highest BCUT2D eigenvalue weighted by molar-refractivity contribution is 5.48. The van der Waals surface area contributed by atoms with E-state index in [9.17, 15) is 18.3 Å². The smallest absolute Gasteiger partial charge is 0.385 e. The van der Waals surface area contributed by atoms with Crippen molar-refractivity contribution in [3.05, 3.63) is 23.4 Å². The van der Waals surface area contributed by atoms with Crippen LogP contribution in [0.15, 0.2) is 12.3 Å². The van der Waals surface area contributed by atoms with Gasteiger partial charge < -0.3 is 10.8 Å². The van der Waals surface area contributed by atoms with Gasteiger partial charge in [0.1, 0.15) is 5.82 Å². The third-order valence-corrected chi connectivity index (χ3v) is 3.93. The molecular formula is C13H17F3N2O. The van der Waals surface area contributed by atoms with Crippen molar-refractivity contribution in [3.63, 3.8) is 0 Å². The second-order valence-corrected chi connectivity index (χ2v) is 5.24. The molecule has 1 saturated carbocycles. The lowest BCUT2D eigenvalue weighted by atomic mass is 9.74. The summed E-state index contributed by atoms with van der Waals surface area (Å²) in [7, 11) is 0. The molecular weight excluding hydrogens is 257 g/mol. The molecule has 0 atom stereocenters. The molecule has 3 N–H and O–H groups in total. The van der Waals surface area contributed by atoms with Crippen molar-refractivity contribution < 1.29 is 18.3 Å². The number of halogens is 3. The molecule has 1 aromatic heterocycles. The first-order chi connectivity index (χ1) is 8.74. The summed E-state index contributed by atoms with van der Waals surface area (Å²) in [6.07, 6.45) is -2.68. The molecule has 0 bridgehead atoms. The average Bonchev–Trinajstić information content (AvgIpc) is 2.27. The van der Waals surface area contributed by atoms with Crippen LogP contribution in [0.4, 0.5) is 19.0 Å². The van der Waals surface area contributed by atoms with Crippen LogP contribution in [-0.4, -0.2) is 16.3 Å². The average molecular weight is 274 g/mol. The molecule has 0 saturated heterocycles. The van der Waals surface area contributed by atoms with E-state index in [4.69, 9.17) is 5.73 Å². The maximum atomic E-state index is 12.6. The summed E-state index contributed by atoms with van der Waals surface area (Å²) >= 11 is 0. The number of hydrogen-bond donors (Lipinski definition) is 2. The van der Waals surface area contributed by atoms with Gasteiger partial charge in [0.05, 0.1) is 11.5 Å². The van der Waals surface area contributed by atoms with Gasteiger partial charge in [0.2, 0.25) is 0 Å². The summed E-state index contributed by atoms with van der Waals surface area (Å²) in [5, 5.41) is 10.6. The van der Waals surface area contributed by atoms with Gasteiger partial charge in [0, 0.05) is 11.8 Å². The maximum Gasteiger partial charge on any atom is 0.391 e. The Balaban J connectivity index is 2.23. The van der Waals surface area contributed by atoms with E-state index in [2.05, 4.69) is 4.98 Å². The minimum atomic E-state index is -4.18. The number of hydrogen-bond acceptors (Lipinski definition) is 3. The third kappa shape index (κ3) is 2.68. The normalized spacial score (nSPS) is 28.4. The fourth-order valence-corrected chi connectivity index (χ4v) is 2.86. The number of pyridine rings is 1. The van der Waals surface area contributed by atoms with Crippen LogP contribution < -0.4 is 5.73 Å². The Morgan fingerprint density at radius 2 is 1.95 bits per heavy atom. The summed E-state index contributed by atoms with van der Waals surface area (Å²) in [4.78, 5) is 3.92. The van der Waals surface area contributed by atoms with Gasteiger partial charge in [0.25, 0.3) is 0 Å². The van der Waals surface area contributed by atoms with Crippen molar-refractivity contribution in [2.75, 3.05) is 5.73 Å². The number of aliphatic hydroxyl groups is 1. The number of nitrogens with zero attached hydrogens (tertiary/aromatic N) is 1. The first-order valence-electron chi connectivity index (χ1n) is 6.25. The molecule has 0 aromatic carbocycles. The largest absolute Gasteiger partial charge is 0.391 e. The standard InChI is InChI=1S/C13H17F3N2O/c1-8-4-7-18-11(17)10(8)12(19)5-2-9(3-6-12)13(14,15)16/h4,7,9,19H,2-3,5-6H2,1H3,(H2,17,18). The van der Waals surface area contributed by atoms with Gasteiger partial charge in [0.15, 0.2) is 0 Å². The molecule has 0 radical (unpaired) electrons. The SMILES string of the molecule is Cc1ccnc(N)c1C1(O)CCC(C(F)(F)F)CC1. The predicted molar refractivity (Wildman–Crippen MR) is 65.3 cm³/mol. The summed E-state index contributed by atoms with van der Waals surface area (Å²) in [5.41, 5.74) is 5.72. The zero-order valence-corrected chi connectivity index (χ0v) is 10.7. The van der Waals surface area contributed by atoms with E-state index in [0.717, 1.165) is 5.56 Å². The van der Waals surface area contributed by atoms with Gasteiger partial charge in [-0.25, -0.2) is 4.98 Å². The summed E-state index contributed by atoms with van der Waals surface area (Å²) in [6.45, 7) is 1.78. The zero-order valence-electron chi connectivity index (χ0n) is 10.7. The van der Waals surface area contributed by atoms with Gasteiger partial charge in [-0.2, -0.15) is 13.2 Å². The quantitative estimate of drug-likeness (QED) is 0.827. The molecule has 3 nitrogen and oxygen atoms in total. The van der Waals surface area contributed by atoms with Gasteiger partial charge in [-0.1, -0.05) is 0 Å². The number of alkyl halides is 3. The van der Waals surface area contributed by atoms with Crippen molar-refractivity contribution in [2.45, 2.75) is 44.4 Å². The third-order valence-electron chi connectivity index (χ3n) is 3.93. The van der Waals surface area contributed by atoms with E-state index in [1.54, 1.807) is 13.0 Å². The van der Waals surface area contributed by atoms with E-state index in [1.165, 1.54) is 6.20 Å². The molecule has 19 heavy (non-hydrogen) atoms. The highest BCUT2D eigenvalue weighted by Crippen LogP contribution is 2.46. The Labute approximate surface area is 109 Å². The van der Waals surface area contributed by atoms with E-state index in [0.29, 0.717) is 5.56 Å². The van der Waals surface area contributed by atoms with Crippen molar-refractivity contribution >= 4 is 5.82 Å². The first-order valence-corrected chi connectivity index (χ1v) is 6.25. The number of anilines is 1. The van der Waals surface area contributed by atoms with Crippen molar-refractivity contribution in [3.8, 4) is 0 Å². The van der Waals surface area contributed by atoms with Crippen LogP contribution in [0.25, 0.3) is 0 Å². The maximum absolute atomic E-state index is 12.6. The van der Waals surface area contributed by atoms with Crippen LogP contribution in [0.5, 0.6) is 0 Å². The van der Waals surface area contributed by atoms with E-state index in [1.807, 2.05) is 0 Å². The molecule has 6 heteroatoms. The molecule has 1 aromatic rings. The molecule has 0 amide bonds. The topological polar surface area (TPSA) is 59.1 Å². The van der Waals surface area contributed by atoms with E-state index in [-0.39, 0.29) is 31.5 Å². The van der Waals surface area contributed by atoms with E-state index >= 15 is 0 Å². The number of nitrogens with two attached hydrogens (primary N) is 1. The molecule has 0 spiro atoms. The molecule has 1 aliphatic carbocycles. The van der Waals surface area contributed by atoms with Crippen LogP contribution in [0, 0.1) is 12.8 Å². The first kappa shape index (κ1) is 14.1. The van der Waals surface area contributed by atoms with Crippen LogP contribution in [-0.2, 0) is 5.60 Å². The van der Waals surface area contributed by atoms with Crippen LogP contribution in [0.3, 0.4) is 0 Å². The minimum absolute atomic E-state index is 0.0634. The Morgan fingerprint density at radius 1 is 1.37 bits per heavy atom. The Bertz CT molecular complexity index is 445. The molecule has 106 valence electrons.